The van der Waals surface area contributed by atoms with Gasteiger partial charge in [-0.15, -0.1) is 0 Å². The predicted octanol–water partition coefficient (Wildman–Crippen LogP) is 1.56. The van der Waals surface area contributed by atoms with E-state index in [1.807, 2.05) is 0 Å². The van der Waals surface area contributed by atoms with Gasteiger partial charge < -0.3 is 14.8 Å². The van der Waals surface area contributed by atoms with Gasteiger partial charge in [0.1, 0.15) is 0 Å². The first-order valence-corrected chi connectivity index (χ1v) is 8.54. The average molecular weight is 339 g/mol. The van der Waals surface area contributed by atoms with Crippen molar-refractivity contribution in [3.8, 4) is 0 Å². The highest BCUT2D eigenvalue weighted by Crippen LogP contribution is 2.19. The molecule has 0 aromatic heterocycles. The van der Waals surface area contributed by atoms with E-state index in [4.69, 9.17) is 14.0 Å². The van der Waals surface area contributed by atoms with Crippen LogP contribution in [-0.4, -0.2) is 43.6 Å². The van der Waals surface area contributed by atoms with Crippen molar-refractivity contribution in [3.05, 3.63) is 0 Å². The molecule has 9 heteroatoms. The summed E-state index contributed by atoms with van der Waals surface area (Å²) in [6, 6.07) is 0. The number of hydrogen-bond acceptors (Lipinski definition) is 6. The van der Waals surface area contributed by atoms with Crippen LogP contribution in [0.1, 0.15) is 41.0 Å². The molecule has 0 rings (SSSR count). The second kappa shape index (κ2) is 8.33. The van der Waals surface area contributed by atoms with Crippen LogP contribution < -0.4 is 5.32 Å². The van der Waals surface area contributed by atoms with E-state index in [-0.39, 0.29) is 18.9 Å². The molecule has 0 fully saturated rings. The highest BCUT2D eigenvalue weighted by atomic mass is 32.2. The quantitative estimate of drug-likeness (QED) is 0.313. The molecule has 0 aliphatic carbocycles. The van der Waals surface area contributed by atoms with Crippen LogP contribution in [0, 0.1) is 11.3 Å². The normalized spacial score (nSPS) is 13.6. The Kier molecular flexibility index (Phi) is 7.82. The molecule has 0 saturated heterocycles. The lowest BCUT2D eigenvalue weighted by atomic mass is 9.97. The van der Waals surface area contributed by atoms with Crippen LogP contribution in [0.15, 0.2) is 0 Å². The van der Waals surface area contributed by atoms with E-state index in [1.54, 1.807) is 34.6 Å². The maximum Gasteiger partial charge on any atom is 0.410 e. The Labute approximate surface area is 131 Å². The summed E-state index contributed by atoms with van der Waals surface area (Å²) in [6.45, 7) is 8.52. The first kappa shape index (κ1) is 20.6. The Morgan fingerprint density at radius 2 is 1.73 bits per heavy atom. The van der Waals surface area contributed by atoms with Gasteiger partial charge >= 0.3 is 12.1 Å². The average Bonchev–Trinajstić information content (AvgIpc) is 2.31. The molecule has 0 bridgehead atoms. The van der Waals surface area contributed by atoms with Gasteiger partial charge in [0, 0.05) is 12.5 Å². The van der Waals surface area contributed by atoms with Crippen LogP contribution in [0.4, 0.5) is 4.79 Å². The molecule has 2 N–H and O–H groups in total. The number of amides is 1. The zero-order valence-corrected chi connectivity index (χ0v) is 14.4. The van der Waals surface area contributed by atoms with Crippen LogP contribution in [0.3, 0.4) is 0 Å². The van der Waals surface area contributed by atoms with Gasteiger partial charge in [-0.25, -0.2) is 4.79 Å². The fourth-order valence-corrected chi connectivity index (χ4v) is 1.68. The van der Waals surface area contributed by atoms with Crippen LogP contribution in [0.25, 0.3) is 0 Å². The van der Waals surface area contributed by atoms with E-state index in [2.05, 4.69) is 5.32 Å². The fraction of sp³-hybridized carbons (Fsp3) is 0.846. The molecule has 1 atom stereocenters. The second-order valence-electron chi connectivity index (χ2n) is 6.24. The van der Waals surface area contributed by atoms with Crippen molar-refractivity contribution >= 4 is 22.2 Å². The highest BCUT2D eigenvalue weighted by Gasteiger charge is 2.29. The summed E-state index contributed by atoms with van der Waals surface area (Å²) in [5.74, 6) is -1.19. The largest absolute Gasteiger partial charge is 0.424 e. The molecule has 0 aliphatic heterocycles. The van der Waals surface area contributed by atoms with Gasteiger partial charge in [0.25, 0.3) is 16.4 Å². The van der Waals surface area contributed by atoms with Gasteiger partial charge in [-0.2, -0.15) is 8.42 Å². The van der Waals surface area contributed by atoms with Crippen molar-refractivity contribution in [2.24, 2.45) is 11.3 Å². The third-order valence-corrected chi connectivity index (χ3v) is 3.26. The van der Waals surface area contributed by atoms with Crippen LogP contribution in [0.2, 0.25) is 0 Å². The van der Waals surface area contributed by atoms with Crippen LogP contribution in [0.5, 0.6) is 0 Å². The molecule has 0 aromatic carbocycles. The summed E-state index contributed by atoms with van der Waals surface area (Å²) in [6.07, 6.45) is -1.81. The van der Waals surface area contributed by atoms with E-state index < -0.39 is 39.6 Å². The number of rotatable bonds is 7. The molecule has 0 saturated carbocycles. The number of esters is 1. The van der Waals surface area contributed by atoms with E-state index in [1.165, 1.54) is 0 Å². The number of nitrogens with one attached hydrogen (secondary N) is 1. The summed E-state index contributed by atoms with van der Waals surface area (Å²) < 4.78 is 39.7. The molecule has 0 spiro atoms. The molecule has 0 aliphatic rings. The minimum Gasteiger partial charge on any atom is -0.424 e. The maximum absolute atomic E-state index is 11.8. The topological polar surface area (TPSA) is 119 Å². The van der Waals surface area contributed by atoms with Crippen LogP contribution in [-0.2, 0) is 24.4 Å². The highest BCUT2D eigenvalue weighted by molar-refractivity contribution is 7.85. The Balaban J connectivity index is 4.34. The molecular formula is C13H25NO7S. The maximum atomic E-state index is 11.8. The Morgan fingerprint density at radius 1 is 1.18 bits per heavy atom. The summed E-state index contributed by atoms with van der Waals surface area (Å²) >= 11 is 0. The van der Waals surface area contributed by atoms with Gasteiger partial charge in [-0.05, 0) is 27.2 Å². The Bertz CT molecular complexity index is 479. The molecule has 130 valence electrons. The van der Waals surface area contributed by atoms with Gasteiger partial charge in [0.05, 0.1) is 11.2 Å². The Morgan fingerprint density at radius 3 is 2.14 bits per heavy atom. The molecule has 0 radical (unpaired) electrons. The number of carbonyl (C=O) groups is 2. The van der Waals surface area contributed by atoms with Crippen molar-refractivity contribution in [3.63, 3.8) is 0 Å². The van der Waals surface area contributed by atoms with E-state index in [0.29, 0.717) is 0 Å². The third kappa shape index (κ3) is 9.56. The lowest BCUT2D eigenvalue weighted by Crippen LogP contribution is -2.37. The molecular weight excluding hydrogens is 314 g/mol. The first-order valence-electron chi connectivity index (χ1n) is 6.93. The van der Waals surface area contributed by atoms with E-state index in [0.717, 1.165) is 0 Å². The van der Waals surface area contributed by atoms with Gasteiger partial charge in [0.2, 0.25) is 0 Å². The van der Waals surface area contributed by atoms with Crippen molar-refractivity contribution in [2.45, 2.75) is 47.3 Å². The third-order valence-electron chi connectivity index (χ3n) is 2.45. The monoisotopic (exact) mass is 339 g/mol. The number of ether oxygens (including phenoxy) is 2. The molecule has 1 amide bonds. The molecule has 0 aromatic rings. The minimum atomic E-state index is -4.05. The fourth-order valence-electron chi connectivity index (χ4n) is 1.17. The zero-order chi connectivity index (χ0) is 17.6. The number of alkyl carbamates (subject to hydrolysis) is 1. The van der Waals surface area contributed by atoms with Gasteiger partial charge in [-0.3, -0.25) is 9.35 Å². The minimum absolute atomic E-state index is 0.0106. The number of carbonyl (C=O) groups excluding carboxylic acids is 2. The lowest BCUT2D eigenvalue weighted by Gasteiger charge is -2.25. The standard InChI is InChI=1S/C13H25NO7S/c1-9(2)10(20-11(15)13(3,4)5)21-12(16)14-7-6-8-22(17,18)19/h9-10H,6-8H2,1-5H3,(H,14,16)(H,17,18,19)/t10-/m1/s1. The van der Waals surface area contributed by atoms with Crippen molar-refractivity contribution in [1.82, 2.24) is 5.32 Å². The second-order valence-corrected chi connectivity index (χ2v) is 7.81. The smallest absolute Gasteiger partial charge is 0.410 e. The van der Waals surface area contributed by atoms with E-state index >= 15 is 0 Å². The summed E-state index contributed by atoms with van der Waals surface area (Å²) in [4.78, 5) is 23.4. The summed E-state index contributed by atoms with van der Waals surface area (Å²) in [7, 11) is -4.05. The van der Waals surface area contributed by atoms with Gasteiger partial charge in [-0.1, -0.05) is 13.8 Å². The zero-order valence-electron chi connectivity index (χ0n) is 13.6. The molecule has 0 unspecified atom stereocenters. The van der Waals surface area contributed by atoms with Crippen molar-refractivity contribution < 1.29 is 32.0 Å². The predicted molar refractivity (Wildman–Crippen MR) is 79.7 cm³/mol. The van der Waals surface area contributed by atoms with Crippen molar-refractivity contribution in [2.75, 3.05) is 12.3 Å². The molecule has 8 nitrogen and oxygen atoms in total. The summed E-state index contributed by atoms with van der Waals surface area (Å²) in [5, 5.41) is 2.32. The molecule has 0 heterocycles. The first-order chi connectivity index (χ1) is 9.83. The van der Waals surface area contributed by atoms with Gasteiger partial charge in [0.15, 0.2) is 0 Å². The van der Waals surface area contributed by atoms with Crippen molar-refractivity contribution in [1.29, 1.82) is 0 Å². The molecule has 22 heavy (non-hydrogen) atoms. The summed E-state index contributed by atoms with van der Waals surface area (Å²) in [5.41, 5.74) is -0.720. The van der Waals surface area contributed by atoms with E-state index in [9.17, 15) is 18.0 Å². The van der Waals surface area contributed by atoms with Crippen LogP contribution >= 0.6 is 0 Å². The Hall–Kier alpha value is -1.35. The number of hydrogen-bond donors (Lipinski definition) is 2. The lowest BCUT2D eigenvalue weighted by molar-refractivity contribution is -0.184. The SMILES string of the molecule is CC(C)[C@@H](OC(=O)NCCCS(=O)(=O)O)OC(=O)C(C)(C)C.